The molecule has 0 saturated carbocycles. The highest BCUT2D eigenvalue weighted by Crippen LogP contribution is 1.97. The fourth-order valence-electron chi connectivity index (χ4n) is 0.743. The Bertz CT molecular complexity index is 339. The highest BCUT2D eigenvalue weighted by Gasteiger charge is 1.96. The van der Waals surface area contributed by atoms with Crippen molar-refractivity contribution in [3.05, 3.63) is 39.8 Å². The molecule has 0 fully saturated rings. The number of rotatable bonds is 3. The monoisotopic (exact) mass is 162 g/mol. The molecule has 0 radical (unpaired) electrons. The van der Waals surface area contributed by atoms with Crippen molar-refractivity contribution in [2.24, 2.45) is 5.11 Å². The Balaban J connectivity index is 2.65. The van der Waals surface area contributed by atoms with Gasteiger partial charge in [0, 0.05) is 11.1 Å². The number of aromatic nitrogens is 2. The van der Waals surface area contributed by atoms with Gasteiger partial charge in [-0.25, -0.2) is 11.3 Å². The van der Waals surface area contributed by atoms with E-state index in [1.54, 1.807) is 12.3 Å². The molecule has 12 heavy (non-hydrogen) atoms. The predicted octanol–water partition coefficient (Wildman–Crippen LogP) is 1.57. The number of hydrogen-bond acceptors (Lipinski definition) is 2. The minimum atomic E-state index is 0.205. The number of nitrogens with zero attached hydrogens (tertiary/aromatic N) is 6. The van der Waals surface area contributed by atoms with Crippen molar-refractivity contribution < 1.29 is 0 Å². The molecule has 0 aromatic carbocycles. The largest absolute Gasteiger partial charge is 0.307 e. The van der Waals surface area contributed by atoms with Crippen LogP contribution >= 0.6 is 0 Å². The molecule has 1 aromatic rings. The molecular weight excluding hydrogens is 156 g/mol. The lowest BCUT2D eigenvalue weighted by Gasteiger charge is -1.86. The van der Waals surface area contributed by atoms with Crippen molar-refractivity contribution in [1.29, 1.82) is 0 Å². The maximum absolute atomic E-state index is 8.01. The summed E-state index contributed by atoms with van der Waals surface area (Å²) in [6.07, 6.45) is 1.68. The van der Waals surface area contributed by atoms with Crippen LogP contribution in [0.5, 0.6) is 0 Å². The standard InChI is InChI=1S/C6H6N6/c1-8-5-12-3-2-6(10-12)4-9-11-7/h2-3H,4-5H2. The Hall–Kier alpha value is -1.99. The van der Waals surface area contributed by atoms with E-state index in [1.165, 1.54) is 4.68 Å². The van der Waals surface area contributed by atoms with Gasteiger partial charge in [0.2, 0.25) is 0 Å². The van der Waals surface area contributed by atoms with Gasteiger partial charge in [-0.15, -0.1) is 0 Å². The molecular formula is C6H6N6. The van der Waals surface area contributed by atoms with Crippen LogP contribution in [-0.2, 0) is 13.2 Å². The van der Waals surface area contributed by atoms with Crippen molar-refractivity contribution in [2.45, 2.75) is 13.2 Å². The Kier molecular flexibility index (Phi) is 2.71. The van der Waals surface area contributed by atoms with Gasteiger partial charge in [-0.2, -0.15) is 5.10 Å². The fraction of sp³-hybridized carbons (Fsp3) is 0.333. The lowest BCUT2D eigenvalue weighted by atomic mass is 10.4. The van der Waals surface area contributed by atoms with Crippen molar-refractivity contribution >= 4 is 0 Å². The van der Waals surface area contributed by atoms with E-state index >= 15 is 0 Å². The third-order valence-corrected chi connectivity index (χ3v) is 1.21. The third-order valence-electron chi connectivity index (χ3n) is 1.21. The summed E-state index contributed by atoms with van der Waals surface area (Å²) in [5.74, 6) is 0. The molecule has 0 bridgehead atoms. The summed E-state index contributed by atoms with van der Waals surface area (Å²) >= 11 is 0. The van der Waals surface area contributed by atoms with Crippen LogP contribution in [0.25, 0.3) is 15.3 Å². The first-order valence-electron chi connectivity index (χ1n) is 3.23. The Morgan fingerprint density at radius 3 is 3.25 bits per heavy atom. The topological polar surface area (TPSA) is 70.9 Å². The molecule has 0 N–H and O–H groups in total. The van der Waals surface area contributed by atoms with Crippen molar-refractivity contribution in [1.82, 2.24) is 9.78 Å². The first-order chi connectivity index (χ1) is 5.86. The van der Waals surface area contributed by atoms with Crippen LogP contribution in [0.1, 0.15) is 5.69 Å². The highest BCUT2D eigenvalue weighted by molar-refractivity contribution is 4.98. The minimum absolute atomic E-state index is 0.205. The van der Waals surface area contributed by atoms with Gasteiger partial charge in [0.05, 0.1) is 12.2 Å². The molecule has 6 heteroatoms. The zero-order valence-electron chi connectivity index (χ0n) is 6.25. The van der Waals surface area contributed by atoms with E-state index in [-0.39, 0.29) is 13.2 Å². The molecule has 0 aliphatic rings. The van der Waals surface area contributed by atoms with Crippen LogP contribution in [0, 0.1) is 6.57 Å². The van der Waals surface area contributed by atoms with Gasteiger partial charge >= 0.3 is 6.67 Å². The minimum Gasteiger partial charge on any atom is -0.291 e. The summed E-state index contributed by atoms with van der Waals surface area (Å²) in [5, 5.41) is 7.32. The molecule has 0 amide bonds. The second kappa shape index (κ2) is 4.01. The van der Waals surface area contributed by atoms with Crippen LogP contribution in [0.3, 0.4) is 0 Å². The van der Waals surface area contributed by atoms with Gasteiger partial charge in [-0.1, -0.05) is 5.11 Å². The third kappa shape index (κ3) is 2.01. The molecule has 0 aliphatic heterocycles. The average molecular weight is 162 g/mol. The van der Waals surface area contributed by atoms with Crippen LogP contribution in [0.4, 0.5) is 0 Å². The molecule has 6 nitrogen and oxygen atoms in total. The van der Waals surface area contributed by atoms with E-state index < -0.39 is 0 Å². The van der Waals surface area contributed by atoms with Gasteiger partial charge in [-0.3, -0.25) is 4.85 Å². The summed E-state index contributed by atoms with van der Waals surface area (Å²) in [7, 11) is 0. The molecule has 0 unspecified atom stereocenters. The molecule has 1 aromatic heterocycles. The first-order valence-corrected chi connectivity index (χ1v) is 3.23. The van der Waals surface area contributed by atoms with Crippen molar-refractivity contribution in [2.75, 3.05) is 0 Å². The van der Waals surface area contributed by atoms with E-state index in [2.05, 4.69) is 20.0 Å². The molecule has 1 heterocycles. The SMILES string of the molecule is [C-]#[N+]Cn1ccc(CN=[N+]=[N-])n1. The maximum atomic E-state index is 8.01. The van der Waals surface area contributed by atoms with E-state index in [0.717, 1.165) is 0 Å². The fourth-order valence-corrected chi connectivity index (χ4v) is 0.743. The molecule has 1 rings (SSSR count). The Labute approximate surface area is 68.9 Å². The quantitative estimate of drug-likeness (QED) is 0.288. The Morgan fingerprint density at radius 1 is 1.75 bits per heavy atom. The van der Waals surface area contributed by atoms with Gasteiger partial charge in [-0.05, 0) is 11.6 Å². The summed E-state index contributed by atoms with van der Waals surface area (Å²) in [5.41, 5.74) is 8.69. The lowest BCUT2D eigenvalue weighted by Crippen LogP contribution is -1.94. The van der Waals surface area contributed by atoms with Crippen LogP contribution in [-0.4, -0.2) is 9.78 Å². The van der Waals surface area contributed by atoms with Gasteiger partial charge in [0.15, 0.2) is 0 Å². The predicted molar refractivity (Wildman–Crippen MR) is 41.7 cm³/mol. The second-order valence-corrected chi connectivity index (χ2v) is 2.04. The van der Waals surface area contributed by atoms with E-state index in [1.807, 2.05) is 0 Å². The van der Waals surface area contributed by atoms with Crippen LogP contribution in [0.2, 0.25) is 0 Å². The summed E-state index contributed by atoms with van der Waals surface area (Å²) in [6, 6.07) is 1.72. The van der Waals surface area contributed by atoms with E-state index in [4.69, 9.17) is 12.1 Å². The molecule has 0 saturated heterocycles. The molecule has 0 aliphatic carbocycles. The zero-order valence-corrected chi connectivity index (χ0v) is 6.25. The smallest absolute Gasteiger partial charge is 0.291 e. The van der Waals surface area contributed by atoms with Crippen molar-refractivity contribution in [3.8, 4) is 0 Å². The van der Waals surface area contributed by atoms with E-state index in [9.17, 15) is 0 Å². The molecule has 60 valence electrons. The molecule has 0 spiro atoms. The van der Waals surface area contributed by atoms with E-state index in [0.29, 0.717) is 5.69 Å². The maximum Gasteiger partial charge on any atom is 0.307 e. The normalized spacial score (nSPS) is 8.58. The molecule has 0 atom stereocenters. The van der Waals surface area contributed by atoms with Gasteiger partial charge in [0.1, 0.15) is 0 Å². The number of azide groups is 1. The second-order valence-electron chi connectivity index (χ2n) is 2.04. The Morgan fingerprint density at radius 2 is 2.58 bits per heavy atom. The number of hydrogen-bond donors (Lipinski definition) is 0. The summed E-state index contributed by atoms with van der Waals surface area (Å²) in [6.45, 7) is 7.01. The zero-order chi connectivity index (χ0) is 8.81. The average Bonchev–Trinajstić information content (AvgIpc) is 2.50. The lowest BCUT2D eigenvalue weighted by molar-refractivity contribution is 0.682. The van der Waals surface area contributed by atoms with Gasteiger partial charge in [0.25, 0.3) is 0 Å². The van der Waals surface area contributed by atoms with Gasteiger partial charge < -0.3 is 0 Å². The van der Waals surface area contributed by atoms with Crippen molar-refractivity contribution in [3.63, 3.8) is 0 Å². The highest BCUT2D eigenvalue weighted by atomic mass is 15.3. The van der Waals surface area contributed by atoms with Crippen LogP contribution < -0.4 is 0 Å². The summed E-state index contributed by atoms with van der Waals surface area (Å²) < 4.78 is 1.50. The first kappa shape index (κ1) is 8.11. The van der Waals surface area contributed by atoms with Crippen LogP contribution in [0.15, 0.2) is 17.4 Å². The summed E-state index contributed by atoms with van der Waals surface area (Å²) in [4.78, 5) is 5.75.